The maximum atomic E-state index is 12.0. The third-order valence-corrected chi connectivity index (χ3v) is 2.59. The predicted octanol–water partition coefficient (Wildman–Crippen LogP) is 3.75. The van der Waals surface area contributed by atoms with Gasteiger partial charge in [-0.1, -0.05) is 6.92 Å². The molecular formula is C13H21F3N4. The largest absolute Gasteiger partial charge is 0.389 e. The summed E-state index contributed by atoms with van der Waals surface area (Å²) in [6.07, 6.45) is -3.23. The van der Waals surface area contributed by atoms with E-state index in [4.69, 9.17) is 0 Å². The molecule has 0 aromatic carbocycles. The van der Waals surface area contributed by atoms with E-state index in [1.807, 2.05) is 0 Å². The van der Waals surface area contributed by atoms with Crippen molar-refractivity contribution in [3.8, 4) is 0 Å². The first-order valence-electron chi connectivity index (χ1n) is 6.81. The molecule has 0 bridgehead atoms. The van der Waals surface area contributed by atoms with Crippen molar-refractivity contribution in [3.63, 3.8) is 0 Å². The van der Waals surface area contributed by atoms with Crippen LogP contribution in [0.15, 0.2) is 6.07 Å². The van der Waals surface area contributed by atoms with E-state index in [1.54, 1.807) is 13.0 Å². The van der Waals surface area contributed by atoms with Crippen LogP contribution in [0.4, 0.5) is 24.8 Å². The first kappa shape index (κ1) is 16.5. The molecule has 0 unspecified atom stereocenters. The highest BCUT2D eigenvalue weighted by atomic mass is 19.4. The molecule has 0 amide bonds. The normalized spacial score (nSPS) is 11.4. The molecule has 7 heteroatoms. The van der Waals surface area contributed by atoms with E-state index >= 15 is 0 Å². The zero-order chi connectivity index (χ0) is 15.0. The van der Waals surface area contributed by atoms with Crippen molar-refractivity contribution in [2.24, 2.45) is 0 Å². The number of rotatable bonds is 8. The van der Waals surface area contributed by atoms with Gasteiger partial charge >= 0.3 is 6.18 Å². The quantitative estimate of drug-likeness (QED) is 0.716. The van der Waals surface area contributed by atoms with Crippen LogP contribution in [0, 0.1) is 6.92 Å². The summed E-state index contributed by atoms with van der Waals surface area (Å²) < 4.78 is 35.9. The molecule has 4 nitrogen and oxygen atoms in total. The maximum Gasteiger partial charge on any atom is 0.389 e. The monoisotopic (exact) mass is 290 g/mol. The van der Waals surface area contributed by atoms with E-state index in [-0.39, 0.29) is 6.42 Å². The SMILES string of the molecule is CCCNc1cc(NCCCCC(F)(F)F)nc(C)n1. The predicted molar refractivity (Wildman–Crippen MR) is 73.9 cm³/mol. The highest BCUT2D eigenvalue weighted by molar-refractivity contribution is 5.47. The zero-order valence-corrected chi connectivity index (χ0v) is 11.8. The third kappa shape index (κ3) is 7.16. The first-order valence-corrected chi connectivity index (χ1v) is 6.81. The van der Waals surface area contributed by atoms with Crippen LogP contribution in [-0.2, 0) is 0 Å². The van der Waals surface area contributed by atoms with E-state index in [0.29, 0.717) is 24.6 Å². The van der Waals surface area contributed by atoms with Gasteiger partial charge in [-0.25, -0.2) is 9.97 Å². The second-order valence-electron chi connectivity index (χ2n) is 4.61. The van der Waals surface area contributed by atoms with Crippen LogP contribution in [0.25, 0.3) is 0 Å². The Hall–Kier alpha value is -1.53. The second kappa shape index (κ2) is 7.91. The molecule has 0 spiro atoms. The number of unbranched alkanes of at least 4 members (excludes halogenated alkanes) is 1. The van der Waals surface area contributed by atoms with E-state index in [1.165, 1.54) is 0 Å². The molecule has 1 aromatic rings. The van der Waals surface area contributed by atoms with Crippen LogP contribution in [0.5, 0.6) is 0 Å². The van der Waals surface area contributed by atoms with Gasteiger partial charge in [0.15, 0.2) is 0 Å². The van der Waals surface area contributed by atoms with E-state index in [2.05, 4.69) is 27.5 Å². The number of aromatic nitrogens is 2. The summed E-state index contributed by atoms with van der Waals surface area (Å²) in [6, 6.07) is 1.77. The summed E-state index contributed by atoms with van der Waals surface area (Å²) in [5.41, 5.74) is 0. The number of anilines is 2. The van der Waals surface area contributed by atoms with Gasteiger partial charge in [-0.2, -0.15) is 13.2 Å². The summed E-state index contributed by atoms with van der Waals surface area (Å²) in [6.45, 7) is 5.13. The van der Waals surface area contributed by atoms with Gasteiger partial charge < -0.3 is 10.6 Å². The van der Waals surface area contributed by atoms with Crippen molar-refractivity contribution in [2.45, 2.75) is 45.7 Å². The highest BCUT2D eigenvalue weighted by Crippen LogP contribution is 2.22. The van der Waals surface area contributed by atoms with E-state index in [9.17, 15) is 13.2 Å². The maximum absolute atomic E-state index is 12.0. The molecule has 0 saturated heterocycles. The van der Waals surface area contributed by atoms with Gasteiger partial charge in [-0.15, -0.1) is 0 Å². The molecule has 0 aliphatic rings. The second-order valence-corrected chi connectivity index (χ2v) is 4.61. The summed E-state index contributed by atoms with van der Waals surface area (Å²) in [5, 5.41) is 6.19. The molecule has 1 rings (SSSR count). The Morgan fingerprint density at radius 2 is 1.65 bits per heavy atom. The molecular weight excluding hydrogens is 269 g/mol. The number of hydrogen-bond acceptors (Lipinski definition) is 4. The molecule has 1 aromatic heterocycles. The fourth-order valence-electron chi connectivity index (χ4n) is 1.67. The lowest BCUT2D eigenvalue weighted by molar-refractivity contribution is -0.135. The summed E-state index contributed by atoms with van der Waals surface area (Å²) >= 11 is 0. The van der Waals surface area contributed by atoms with Crippen molar-refractivity contribution in [3.05, 3.63) is 11.9 Å². The number of halogens is 3. The summed E-state index contributed by atoms with van der Waals surface area (Å²) in [5.74, 6) is 2.00. The summed E-state index contributed by atoms with van der Waals surface area (Å²) in [7, 11) is 0. The number of nitrogens with one attached hydrogen (secondary N) is 2. The van der Waals surface area contributed by atoms with Gasteiger partial charge in [-0.05, 0) is 26.2 Å². The van der Waals surface area contributed by atoms with Gasteiger partial charge in [0.05, 0.1) is 0 Å². The van der Waals surface area contributed by atoms with Crippen molar-refractivity contribution < 1.29 is 13.2 Å². The number of nitrogens with zero attached hydrogens (tertiary/aromatic N) is 2. The van der Waals surface area contributed by atoms with Crippen LogP contribution in [0.1, 0.15) is 38.4 Å². The van der Waals surface area contributed by atoms with Gasteiger partial charge in [0.1, 0.15) is 17.5 Å². The minimum Gasteiger partial charge on any atom is -0.370 e. The van der Waals surface area contributed by atoms with Crippen molar-refractivity contribution in [2.75, 3.05) is 23.7 Å². The molecule has 0 aliphatic carbocycles. The minimum atomic E-state index is -4.07. The van der Waals surface area contributed by atoms with Crippen LogP contribution >= 0.6 is 0 Å². The first-order chi connectivity index (χ1) is 9.40. The highest BCUT2D eigenvalue weighted by Gasteiger charge is 2.25. The molecule has 0 radical (unpaired) electrons. The fourth-order valence-corrected chi connectivity index (χ4v) is 1.67. The zero-order valence-electron chi connectivity index (χ0n) is 11.8. The van der Waals surface area contributed by atoms with Gasteiger partial charge in [-0.3, -0.25) is 0 Å². The molecule has 0 saturated carbocycles. The van der Waals surface area contributed by atoms with Crippen molar-refractivity contribution >= 4 is 11.6 Å². The fraction of sp³-hybridized carbons (Fsp3) is 0.692. The van der Waals surface area contributed by atoms with Gasteiger partial charge in [0.2, 0.25) is 0 Å². The third-order valence-electron chi connectivity index (χ3n) is 2.59. The minimum absolute atomic E-state index is 0.126. The standard InChI is InChI=1S/C13H21F3N4/c1-3-7-17-11-9-12(20-10(2)19-11)18-8-5-4-6-13(14,15)16/h9H,3-8H2,1-2H3,(H2,17,18,19,20). The van der Waals surface area contributed by atoms with Gasteiger partial charge in [0.25, 0.3) is 0 Å². The number of aryl methyl sites for hydroxylation is 1. The Bertz CT molecular complexity index is 407. The Morgan fingerprint density at radius 3 is 2.20 bits per heavy atom. The van der Waals surface area contributed by atoms with E-state index in [0.717, 1.165) is 18.8 Å². The molecule has 0 fully saturated rings. The topological polar surface area (TPSA) is 49.8 Å². The van der Waals surface area contributed by atoms with Crippen LogP contribution in [-0.4, -0.2) is 29.2 Å². The number of hydrogen-bond donors (Lipinski definition) is 2. The van der Waals surface area contributed by atoms with Crippen LogP contribution in [0.2, 0.25) is 0 Å². The number of alkyl halides is 3. The lowest BCUT2D eigenvalue weighted by Crippen LogP contribution is -2.10. The average molecular weight is 290 g/mol. The van der Waals surface area contributed by atoms with Crippen molar-refractivity contribution in [1.29, 1.82) is 0 Å². The Labute approximate surface area is 117 Å². The van der Waals surface area contributed by atoms with Crippen molar-refractivity contribution in [1.82, 2.24) is 9.97 Å². The molecule has 0 aliphatic heterocycles. The van der Waals surface area contributed by atoms with Crippen LogP contribution < -0.4 is 10.6 Å². The Kier molecular flexibility index (Phi) is 6.54. The smallest absolute Gasteiger partial charge is 0.370 e. The molecule has 0 atom stereocenters. The Morgan fingerprint density at radius 1 is 1.05 bits per heavy atom. The Balaban J connectivity index is 2.37. The molecule has 114 valence electrons. The lowest BCUT2D eigenvalue weighted by Gasteiger charge is -2.10. The lowest BCUT2D eigenvalue weighted by atomic mass is 10.2. The molecule has 1 heterocycles. The average Bonchev–Trinajstić information content (AvgIpc) is 2.34. The summed E-state index contributed by atoms with van der Waals surface area (Å²) in [4.78, 5) is 8.44. The molecule has 2 N–H and O–H groups in total. The van der Waals surface area contributed by atoms with Crippen LogP contribution in [0.3, 0.4) is 0 Å². The molecule has 20 heavy (non-hydrogen) atoms. The van der Waals surface area contributed by atoms with E-state index < -0.39 is 12.6 Å². The van der Waals surface area contributed by atoms with Gasteiger partial charge in [0, 0.05) is 25.6 Å².